The standard InChI is InChI=1S/C13H18N2O3/c1-2-10(8-14)13(18)15(9-12(16)17)11-6-4-3-5-7-11/h3-7,10H,2,8-9,14H2,1H3,(H,16,17). The van der Waals surface area contributed by atoms with Gasteiger partial charge >= 0.3 is 5.97 Å². The molecular formula is C13H18N2O3. The van der Waals surface area contributed by atoms with E-state index in [2.05, 4.69) is 0 Å². The molecule has 0 saturated heterocycles. The first-order valence-corrected chi connectivity index (χ1v) is 5.88. The zero-order valence-corrected chi connectivity index (χ0v) is 10.4. The van der Waals surface area contributed by atoms with Crippen LogP contribution < -0.4 is 10.6 Å². The van der Waals surface area contributed by atoms with Crippen LogP contribution in [0.4, 0.5) is 5.69 Å². The molecule has 0 aliphatic carbocycles. The van der Waals surface area contributed by atoms with Crippen LogP contribution in [0.1, 0.15) is 13.3 Å². The van der Waals surface area contributed by atoms with E-state index in [1.54, 1.807) is 24.3 Å². The number of aliphatic carboxylic acids is 1. The summed E-state index contributed by atoms with van der Waals surface area (Å²) in [6.07, 6.45) is 0.596. The summed E-state index contributed by atoms with van der Waals surface area (Å²) in [5.74, 6) is -1.63. The van der Waals surface area contributed by atoms with Crippen molar-refractivity contribution in [1.82, 2.24) is 0 Å². The number of nitrogens with zero attached hydrogens (tertiary/aromatic N) is 1. The van der Waals surface area contributed by atoms with Gasteiger partial charge in [0.05, 0.1) is 5.92 Å². The summed E-state index contributed by atoms with van der Waals surface area (Å²) in [5, 5.41) is 8.90. The minimum Gasteiger partial charge on any atom is -0.480 e. The molecule has 1 unspecified atom stereocenters. The van der Waals surface area contributed by atoms with Gasteiger partial charge in [0.1, 0.15) is 6.54 Å². The molecule has 1 aromatic carbocycles. The maximum atomic E-state index is 12.2. The Morgan fingerprint density at radius 3 is 2.39 bits per heavy atom. The van der Waals surface area contributed by atoms with Crippen LogP contribution in [0.2, 0.25) is 0 Å². The van der Waals surface area contributed by atoms with Crippen molar-refractivity contribution in [3.63, 3.8) is 0 Å². The molecule has 1 amide bonds. The summed E-state index contributed by atoms with van der Waals surface area (Å²) in [5.41, 5.74) is 6.12. The number of hydrogen-bond acceptors (Lipinski definition) is 3. The SMILES string of the molecule is CCC(CN)C(=O)N(CC(=O)O)c1ccccc1. The Morgan fingerprint density at radius 2 is 1.94 bits per heavy atom. The molecule has 0 aliphatic heterocycles. The van der Waals surface area contributed by atoms with Crippen LogP contribution in [0.15, 0.2) is 30.3 Å². The lowest BCUT2D eigenvalue weighted by Crippen LogP contribution is -2.42. The van der Waals surface area contributed by atoms with Crippen molar-refractivity contribution in [1.29, 1.82) is 0 Å². The van der Waals surface area contributed by atoms with E-state index in [1.165, 1.54) is 4.90 Å². The lowest BCUT2D eigenvalue weighted by atomic mass is 10.0. The number of anilines is 1. The first-order chi connectivity index (χ1) is 8.60. The van der Waals surface area contributed by atoms with Crippen molar-refractivity contribution < 1.29 is 14.7 Å². The number of nitrogens with two attached hydrogens (primary N) is 1. The zero-order chi connectivity index (χ0) is 13.5. The highest BCUT2D eigenvalue weighted by Crippen LogP contribution is 2.17. The monoisotopic (exact) mass is 250 g/mol. The van der Waals surface area contributed by atoms with Crippen LogP contribution in [0.5, 0.6) is 0 Å². The first-order valence-electron chi connectivity index (χ1n) is 5.88. The summed E-state index contributed by atoms with van der Waals surface area (Å²) in [4.78, 5) is 24.4. The van der Waals surface area contributed by atoms with E-state index in [1.807, 2.05) is 13.0 Å². The van der Waals surface area contributed by atoms with E-state index in [0.29, 0.717) is 12.1 Å². The number of carbonyl (C=O) groups excluding carboxylic acids is 1. The summed E-state index contributed by atoms with van der Waals surface area (Å²) in [6.45, 7) is 1.73. The van der Waals surface area contributed by atoms with Gasteiger partial charge in [-0.25, -0.2) is 0 Å². The van der Waals surface area contributed by atoms with Crippen LogP contribution in [0, 0.1) is 5.92 Å². The van der Waals surface area contributed by atoms with E-state index >= 15 is 0 Å². The molecule has 98 valence electrons. The normalized spacial score (nSPS) is 11.9. The molecule has 1 atom stereocenters. The summed E-state index contributed by atoms with van der Waals surface area (Å²) in [6, 6.07) is 8.77. The molecule has 0 aliphatic rings. The lowest BCUT2D eigenvalue weighted by molar-refractivity contribution is -0.137. The fourth-order valence-corrected chi connectivity index (χ4v) is 1.70. The van der Waals surface area contributed by atoms with Gasteiger partial charge in [0.25, 0.3) is 0 Å². The molecule has 0 heterocycles. The van der Waals surface area contributed by atoms with Gasteiger partial charge in [-0.3, -0.25) is 9.59 Å². The van der Waals surface area contributed by atoms with Crippen molar-refractivity contribution >= 4 is 17.6 Å². The average molecular weight is 250 g/mol. The quantitative estimate of drug-likeness (QED) is 0.791. The number of carboxylic acids is 1. The smallest absolute Gasteiger partial charge is 0.323 e. The fourth-order valence-electron chi connectivity index (χ4n) is 1.70. The van der Waals surface area contributed by atoms with E-state index < -0.39 is 5.97 Å². The van der Waals surface area contributed by atoms with Gasteiger partial charge in [-0.05, 0) is 18.6 Å². The van der Waals surface area contributed by atoms with Crippen LogP contribution in [-0.2, 0) is 9.59 Å². The van der Waals surface area contributed by atoms with Crippen molar-refractivity contribution in [2.24, 2.45) is 11.7 Å². The Kier molecular flexibility index (Phi) is 5.32. The topological polar surface area (TPSA) is 83.6 Å². The number of hydrogen-bond donors (Lipinski definition) is 2. The Hall–Kier alpha value is -1.88. The molecule has 0 saturated carbocycles. The van der Waals surface area contributed by atoms with Crippen molar-refractivity contribution in [3.05, 3.63) is 30.3 Å². The maximum Gasteiger partial charge on any atom is 0.323 e. The van der Waals surface area contributed by atoms with Gasteiger partial charge in [0.15, 0.2) is 0 Å². The Balaban J connectivity index is 2.98. The molecule has 1 rings (SSSR count). The number of carboxylic acid groups (broad SMARTS) is 1. The molecule has 0 aromatic heterocycles. The minimum atomic E-state index is -1.04. The number of carbonyl (C=O) groups is 2. The molecule has 0 bridgehead atoms. The third-order valence-corrected chi connectivity index (χ3v) is 2.75. The highest BCUT2D eigenvalue weighted by atomic mass is 16.4. The van der Waals surface area contributed by atoms with E-state index in [0.717, 1.165) is 0 Å². The fraction of sp³-hybridized carbons (Fsp3) is 0.385. The third kappa shape index (κ3) is 3.56. The predicted octanol–water partition coefficient (Wildman–Crippen LogP) is 1.09. The molecule has 1 aromatic rings. The summed E-state index contributed by atoms with van der Waals surface area (Å²) >= 11 is 0. The average Bonchev–Trinajstić information content (AvgIpc) is 2.38. The second kappa shape index (κ2) is 6.76. The van der Waals surface area contributed by atoms with Crippen molar-refractivity contribution in [2.45, 2.75) is 13.3 Å². The van der Waals surface area contributed by atoms with Crippen molar-refractivity contribution in [3.8, 4) is 0 Å². The number of rotatable bonds is 6. The van der Waals surface area contributed by atoms with E-state index in [9.17, 15) is 9.59 Å². The second-order valence-corrected chi connectivity index (χ2v) is 3.99. The van der Waals surface area contributed by atoms with Crippen LogP contribution in [0.25, 0.3) is 0 Å². The predicted molar refractivity (Wildman–Crippen MR) is 69.3 cm³/mol. The molecule has 5 nitrogen and oxygen atoms in total. The minimum absolute atomic E-state index is 0.221. The van der Waals surface area contributed by atoms with Gasteiger partial charge in [-0.15, -0.1) is 0 Å². The summed E-state index contributed by atoms with van der Waals surface area (Å²) < 4.78 is 0. The Morgan fingerprint density at radius 1 is 1.33 bits per heavy atom. The van der Waals surface area contributed by atoms with Gasteiger partial charge in [-0.2, -0.15) is 0 Å². The Bertz CT molecular complexity index is 402. The van der Waals surface area contributed by atoms with Crippen LogP contribution in [0.3, 0.4) is 0 Å². The van der Waals surface area contributed by atoms with E-state index in [4.69, 9.17) is 10.8 Å². The Labute approximate surface area is 106 Å². The molecule has 3 N–H and O–H groups in total. The lowest BCUT2D eigenvalue weighted by Gasteiger charge is -2.24. The van der Waals surface area contributed by atoms with Crippen LogP contribution >= 0.6 is 0 Å². The zero-order valence-electron chi connectivity index (χ0n) is 10.4. The van der Waals surface area contributed by atoms with Crippen molar-refractivity contribution in [2.75, 3.05) is 18.0 Å². The summed E-state index contributed by atoms with van der Waals surface area (Å²) in [7, 11) is 0. The van der Waals surface area contributed by atoms with Gasteiger partial charge in [-0.1, -0.05) is 25.1 Å². The first kappa shape index (κ1) is 14.2. The molecule has 0 fully saturated rings. The second-order valence-electron chi connectivity index (χ2n) is 3.99. The molecular weight excluding hydrogens is 232 g/mol. The van der Waals surface area contributed by atoms with Gasteiger partial charge in [0, 0.05) is 12.2 Å². The van der Waals surface area contributed by atoms with E-state index in [-0.39, 0.29) is 24.9 Å². The molecule has 18 heavy (non-hydrogen) atoms. The van der Waals surface area contributed by atoms with Crippen LogP contribution in [-0.4, -0.2) is 30.1 Å². The third-order valence-electron chi connectivity index (χ3n) is 2.75. The highest BCUT2D eigenvalue weighted by molar-refractivity contribution is 5.98. The number of para-hydroxylation sites is 1. The maximum absolute atomic E-state index is 12.2. The largest absolute Gasteiger partial charge is 0.480 e. The number of benzene rings is 1. The molecule has 5 heteroatoms. The molecule has 0 spiro atoms. The number of amides is 1. The van der Waals surface area contributed by atoms with Gasteiger partial charge < -0.3 is 15.7 Å². The highest BCUT2D eigenvalue weighted by Gasteiger charge is 2.24. The molecule has 0 radical (unpaired) electrons. The van der Waals surface area contributed by atoms with Gasteiger partial charge in [0.2, 0.25) is 5.91 Å².